The van der Waals surface area contributed by atoms with Crippen LogP contribution in [0.5, 0.6) is 0 Å². The van der Waals surface area contributed by atoms with Crippen LogP contribution in [-0.2, 0) is 13.0 Å². The van der Waals surface area contributed by atoms with E-state index in [1.165, 1.54) is 50.8 Å². The zero-order valence-corrected chi connectivity index (χ0v) is 14.5. The normalized spacial score (nSPS) is 22.9. The maximum atomic E-state index is 3.96. The van der Waals surface area contributed by atoms with E-state index in [0.29, 0.717) is 12.1 Å². The monoisotopic (exact) mass is 326 g/mol. The van der Waals surface area contributed by atoms with Crippen LogP contribution in [0.2, 0.25) is 0 Å². The summed E-state index contributed by atoms with van der Waals surface area (Å²) in [4.78, 5) is 4.22. The molecule has 122 valence electrons. The summed E-state index contributed by atoms with van der Waals surface area (Å²) in [5.74, 6) is 0. The van der Waals surface area contributed by atoms with Gasteiger partial charge >= 0.3 is 0 Å². The first kappa shape index (κ1) is 15.4. The van der Waals surface area contributed by atoms with Crippen LogP contribution in [0.15, 0.2) is 41.8 Å². The Kier molecular flexibility index (Phi) is 4.79. The molecule has 2 nitrogen and oxygen atoms in total. The molecule has 1 fully saturated rings. The van der Waals surface area contributed by atoms with Crippen molar-refractivity contribution < 1.29 is 0 Å². The Morgan fingerprint density at radius 1 is 1.04 bits per heavy atom. The minimum Gasteiger partial charge on any atom is -0.307 e. The van der Waals surface area contributed by atoms with Crippen molar-refractivity contribution in [1.82, 2.24) is 10.2 Å². The molecule has 1 N–H and O–H groups in total. The first-order chi connectivity index (χ1) is 11.4. The number of fused-ring (bicyclic) bond motifs is 1. The van der Waals surface area contributed by atoms with E-state index < -0.39 is 0 Å². The Morgan fingerprint density at radius 2 is 1.87 bits per heavy atom. The van der Waals surface area contributed by atoms with Crippen LogP contribution in [0.25, 0.3) is 0 Å². The van der Waals surface area contributed by atoms with Gasteiger partial charge in [-0.2, -0.15) is 0 Å². The number of piperidine rings is 1. The number of likely N-dealkylation sites (tertiary alicyclic amines) is 1. The Balaban J connectivity index is 1.29. The molecule has 0 saturated carbocycles. The molecule has 0 spiro atoms. The highest BCUT2D eigenvalue weighted by atomic mass is 32.1. The SMILES string of the molecule is c1ccc(CN2CCC(NC3CCCc4sccc43)CC2)cc1. The molecule has 2 aliphatic rings. The Labute approximate surface area is 143 Å². The molecule has 1 aromatic heterocycles. The lowest BCUT2D eigenvalue weighted by molar-refractivity contribution is 0.181. The van der Waals surface area contributed by atoms with E-state index in [2.05, 4.69) is 52.0 Å². The third kappa shape index (κ3) is 3.68. The van der Waals surface area contributed by atoms with E-state index in [1.807, 2.05) is 11.3 Å². The second-order valence-corrected chi connectivity index (χ2v) is 7.95. The summed E-state index contributed by atoms with van der Waals surface area (Å²) < 4.78 is 0. The predicted octanol–water partition coefficient (Wildman–Crippen LogP) is 4.38. The molecule has 1 atom stereocenters. The van der Waals surface area contributed by atoms with Gasteiger partial charge in [-0.05, 0) is 67.8 Å². The maximum absolute atomic E-state index is 3.96. The van der Waals surface area contributed by atoms with Crippen LogP contribution < -0.4 is 5.32 Å². The van der Waals surface area contributed by atoms with Gasteiger partial charge in [0, 0.05) is 23.5 Å². The molecule has 1 aliphatic carbocycles. The zero-order valence-electron chi connectivity index (χ0n) is 13.7. The van der Waals surface area contributed by atoms with Crippen molar-refractivity contribution in [3.05, 3.63) is 57.8 Å². The highest BCUT2D eigenvalue weighted by molar-refractivity contribution is 7.10. The van der Waals surface area contributed by atoms with Crippen LogP contribution in [0.1, 0.15) is 47.7 Å². The lowest BCUT2D eigenvalue weighted by Gasteiger charge is -2.35. The molecule has 1 unspecified atom stereocenters. The van der Waals surface area contributed by atoms with Gasteiger partial charge in [0.25, 0.3) is 0 Å². The van der Waals surface area contributed by atoms with Gasteiger partial charge in [0.05, 0.1) is 0 Å². The van der Waals surface area contributed by atoms with Gasteiger partial charge in [-0.1, -0.05) is 30.3 Å². The molecular formula is C20H26N2S. The summed E-state index contributed by atoms with van der Waals surface area (Å²) in [6.07, 6.45) is 6.51. The fourth-order valence-electron chi connectivity index (χ4n) is 4.04. The van der Waals surface area contributed by atoms with Gasteiger partial charge in [-0.3, -0.25) is 4.90 Å². The van der Waals surface area contributed by atoms with E-state index in [-0.39, 0.29) is 0 Å². The van der Waals surface area contributed by atoms with Crippen molar-refractivity contribution >= 4 is 11.3 Å². The van der Waals surface area contributed by atoms with Crippen LogP contribution in [0.3, 0.4) is 0 Å². The smallest absolute Gasteiger partial charge is 0.0333 e. The third-order valence-corrected chi connectivity index (χ3v) is 6.32. The Hall–Kier alpha value is -1.16. The van der Waals surface area contributed by atoms with Crippen molar-refractivity contribution in [2.24, 2.45) is 0 Å². The highest BCUT2D eigenvalue weighted by Crippen LogP contribution is 2.34. The van der Waals surface area contributed by atoms with Gasteiger partial charge in [-0.15, -0.1) is 11.3 Å². The van der Waals surface area contributed by atoms with E-state index in [4.69, 9.17) is 0 Å². The molecule has 23 heavy (non-hydrogen) atoms. The molecule has 1 aliphatic heterocycles. The third-order valence-electron chi connectivity index (χ3n) is 5.33. The molecular weight excluding hydrogens is 300 g/mol. The summed E-state index contributed by atoms with van der Waals surface area (Å²) in [6.45, 7) is 3.54. The summed E-state index contributed by atoms with van der Waals surface area (Å²) in [7, 11) is 0. The molecule has 0 radical (unpaired) electrons. The predicted molar refractivity (Wildman–Crippen MR) is 97.9 cm³/mol. The van der Waals surface area contributed by atoms with E-state index in [1.54, 1.807) is 10.4 Å². The average Bonchev–Trinajstić information content (AvgIpc) is 3.07. The number of thiophene rings is 1. The number of hydrogen-bond donors (Lipinski definition) is 1. The van der Waals surface area contributed by atoms with Crippen LogP contribution >= 0.6 is 11.3 Å². The van der Waals surface area contributed by atoms with Gasteiger partial charge in [0.15, 0.2) is 0 Å². The minimum atomic E-state index is 0.607. The number of benzene rings is 1. The molecule has 4 rings (SSSR count). The highest BCUT2D eigenvalue weighted by Gasteiger charge is 2.26. The van der Waals surface area contributed by atoms with Crippen molar-refractivity contribution in [3.8, 4) is 0 Å². The number of nitrogens with zero attached hydrogens (tertiary/aromatic N) is 1. The van der Waals surface area contributed by atoms with Crippen LogP contribution in [-0.4, -0.2) is 24.0 Å². The summed E-state index contributed by atoms with van der Waals surface area (Å²) in [5.41, 5.74) is 3.03. The Morgan fingerprint density at radius 3 is 2.70 bits per heavy atom. The number of nitrogens with one attached hydrogen (secondary N) is 1. The van der Waals surface area contributed by atoms with Crippen molar-refractivity contribution in [2.45, 2.75) is 50.7 Å². The quantitative estimate of drug-likeness (QED) is 0.897. The first-order valence-electron chi connectivity index (χ1n) is 8.97. The van der Waals surface area contributed by atoms with Gasteiger partial charge in [-0.25, -0.2) is 0 Å². The molecule has 2 aromatic rings. The molecule has 0 bridgehead atoms. The van der Waals surface area contributed by atoms with Crippen LogP contribution in [0, 0.1) is 0 Å². The lowest BCUT2D eigenvalue weighted by Crippen LogP contribution is -2.43. The fraction of sp³-hybridized carbons (Fsp3) is 0.500. The van der Waals surface area contributed by atoms with E-state index >= 15 is 0 Å². The summed E-state index contributed by atoms with van der Waals surface area (Å²) in [5, 5.41) is 6.24. The number of hydrogen-bond acceptors (Lipinski definition) is 3. The van der Waals surface area contributed by atoms with Crippen molar-refractivity contribution in [1.29, 1.82) is 0 Å². The van der Waals surface area contributed by atoms with E-state index in [9.17, 15) is 0 Å². The minimum absolute atomic E-state index is 0.607. The summed E-state index contributed by atoms with van der Waals surface area (Å²) >= 11 is 1.94. The van der Waals surface area contributed by atoms with E-state index in [0.717, 1.165) is 6.54 Å². The lowest BCUT2D eigenvalue weighted by atomic mass is 9.92. The molecule has 1 saturated heterocycles. The fourth-order valence-corrected chi connectivity index (χ4v) is 5.03. The van der Waals surface area contributed by atoms with Gasteiger partial charge < -0.3 is 5.32 Å². The Bertz CT molecular complexity index is 614. The molecule has 0 amide bonds. The van der Waals surface area contributed by atoms with Gasteiger partial charge in [0.2, 0.25) is 0 Å². The molecule has 1 aromatic carbocycles. The zero-order chi connectivity index (χ0) is 15.5. The molecule has 3 heteroatoms. The molecule has 2 heterocycles. The standard InChI is InChI=1S/C20H26N2S/c1-2-5-16(6-3-1)15-22-12-9-17(10-13-22)21-19-7-4-8-20-18(19)11-14-23-20/h1-3,5-6,11,14,17,19,21H,4,7-10,12-13,15H2. The average molecular weight is 327 g/mol. The largest absolute Gasteiger partial charge is 0.307 e. The van der Waals surface area contributed by atoms with Gasteiger partial charge in [0.1, 0.15) is 0 Å². The second-order valence-electron chi connectivity index (χ2n) is 6.95. The van der Waals surface area contributed by atoms with Crippen molar-refractivity contribution in [3.63, 3.8) is 0 Å². The number of aryl methyl sites for hydroxylation is 1. The topological polar surface area (TPSA) is 15.3 Å². The maximum Gasteiger partial charge on any atom is 0.0333 e. The van der Waals surface area contributed by atoms with Crippen LogP contribution in [0.4, 0.5) is 0 Å². The number of rotatable bonds is 4. The summed E-state index contributed by atoms with van der Waals surface area (Å²) in [6, 6.07) is 14.5. The van der Waals surface area contributed by atoms with Crippen molar-refractivity contribution in [2.75, 3.05) is 13.1 Å². The first-order valence-corrected chi connectivity index (χ1v) is 9.85. The second kappa shape index (κ2) is 7.16.